The molecule has 0 saturated carbocycles. The summed E-state index contributed by atoms with van der Waals surface area (Å²) in [6.45, 7) is 12.3. The van der Waals surface area contributed by atoms with Crippen LogP contribution >= 0.6 is 0 Å². The summed E-state index contributed by atoms with van der Waals surface area (Å²) in [7, 11) is 1.93. The summed E-state index contributed by atoms with van der Waals surface area (Å²) in [5.74, 6) is 1.11. The van der Waals surface area contributed by atoms with Gasteiger partial charge in [0.2, 0.25) is 0 Å². The van der Waals surface area contributed by atoms with Crippen LogP contribution in [-0.2, 0) is 35.1 Å². The van der Waals surface area contributed by atoms with Crippen molar-refractivity contribution in [2.75, 3.05) is 70.6 Å². The molecule has 2 fully saturated rings. The lowest BCUT2D eigenvalue weighted by molar-refractivity contribution is 0.0512. The van der Waals surface area contributed by atoms with Crippen molar-refractivity contribution >= 4 is 47.0 Å². The van der Waals surface area contributed by atoms with Gasteiger partial charge in [0, 0.05) is 88.3 Å². The molecule has 10 rings (SSSR count). The maximum absolute atomic E-state index is 15.7. The van der Waals surface area contributed by atoms with Gasteiger partial charge in [-0.3, -0.25) is 4.90 Å². The summed E-state index contributed by atoms with van der Waals surface area (Å²) in [4.78, 5) is 32.5. The first-order chi connectivity index (χ1) is 34.2. The minimum atomic E-state index is -3.11. The smallest absolute Gasteiger partial charge is 0.344 e. The van der Waals surface area contributed by atoms with Crippen LogP contribution in [0.5, 0.6) is 11.8 Å². The number of hydrogen-bond acceptors (Lipinski definition) is 11. The second-order valence-electron chi connectivity index (χ2n) is 20.9. The fraction of sp³-hybridized carbons (Fsp3) is 0.455. The average molecular weight is 985 g/mol. The standard InChI is InChI=1S/C55H66F2N8O5Si/c1-8-43-45(57)21-20-37-28-40(69-36-67-7)29-47(49(37)43)62-26-22-44-46(34-62)58-52(68-35-55-24-15-25-64(55)33-39(56)30-55)59-51(44)63-27-23-48(50-38(31-63)32-65(60-50)53(66)61(5)6)70-71(54(2,3)4,41-16-11-9-12-17-41)42-18-13-10-14-19-42/h9-14,16-21,28-29,32,39,48H,8,15,22-27,30-31,33-36H2,1-7H3/t39-,48?,55+/m1/s1. The molecule has 0 radical (unpaired) electrons. The van der Waals surface area contributed by atoms with Crippen molar-refractivity contribution in [3.63, 3.8) is 0 Å². The molecule has 0 N–H and O–H groups in total. The van der Waals surface area contributed by atoms with Gasteiger partial charge in [0.05, 0.1) is 29.6 Å². The molecule has 4 aliphatic rings. The molecule has 16 heteroatoms. The zero-order valence-electron chi connectivity index (χ0n) is 42.1. The molecule has 1 unspecified atom stereocenters. The van der Waals surface area contributed by atoms with Crippen LogP contribution in [0.3, 0.4) is 0 Å². The van der Waals surface area contributed by atoms with Gasteiger partial charge in [-0.2, -0.15) is 19.7 Å². The summed E-state index contributed by atoms with van der Waals surface area (Å²) in [5, 5.41) is 8.78. The molecular weight excluding hydrogens is 919 g/mol. The largest absolute Gasteiger partial charge is 0.467 e. The number of fused-ring (bicyclic) bond motifs is 4. The highest BCUT2D eigenvalue weighted by molar-refractivity contribution is 6.99. The quantitative estimate of drug-likeness (QED) is 0.0820. The molecule has 2 aromatic heterocycles. The first-order valence-electron chi connectivity index (χ1n) is 25.1. The average Bonchev–Trinajstić information content (AvgIpc) is 4.02. The minimum absolute atomic E-state index is 0.0680. The highest BCUT2D eigenvalue weighted by atomic mass is 28.4. The van der Waals surface area contributed by atoms with Crippen molar-refractivity contribution in [3.8, 4) is 11.8 Å². The van der Waals surface area contributed by atoms with Gasteiger partial charge in [0.1, 0.15) is 30.2 Å². The summed E-state index contributed by atoms with van der Waals surface area (Å²) in [6, 6.07) is 28.4. The fourth-order valence-electron chi connectivity index (χ4n) is 11.9. The van der Waals surface area contributed by atoms with Crippen LogP contribution in [0.25, 0.3) is 10.8 Å². The highest BCUT2D eigenvalue weighted by Gasteiger charge is 2.53. The van der Waals surface area contributed by atoms with Crippen molar-refractivity contribution in [2.45, 2.75) is 102 Å². The normalized spacial score (nSPS) is 20.4. The number of rotatable bonds is 13. The Labute approximate surface area is 416 Å². The number of benzene rings is 4. The monoisotopic (exact) mass is 984 g/mol. The van der Waals surface area contributed by atoms with Gasteiger partial charge in [-0.15, -0.1) is 0 Å². The van der Waals surface area contributed by atoms with Crippen LogP contribution in [0.1, 0.15) is 87.6 Å². The Kier molecular flexibility index (Phi) is 13.4. The third kappa shape index (κ3) is 9.05. The number of ether oxygens (including phenoxy) is 3. The molecule has 0 spiro atoms. The minimum Gasteiger partial charge on any atom is -0.467 e. The number of alkyl halides is 1. The Hall–Kier alpha value is -5.94. The molecule has 6 heterocycles. The molecule has 71 heavy (non-hydrogen) atoms. The van der Waals surface area contributed by atoms with Crippen molar-refractivity contribution in [1.82, 2.24) is 29.5 Å². The topological polar surface area (TPSA) is 111 Å². The van der Waals surface area contributed by atoms with E-state index in [0.29, 0.717) is 69.7 Å². The van der Waals surface area contributed by atoms with Crippen LogP contribution in [0.15, 0.2) is 91.1 Å². The molecule has 3 atom stereocenters. The van der Waals surface area contributed by atoms with Crippen molar-refractivity contribution in [2.24, 2.45) is 0 Å². The zero-order chi connectivity index (χ0) is 49.7. The third-order valence-electron chi connectivity index (χ3n) is 15.2. The predicted octanol–water partition coefficient (Wildman–Crippen LogP) is 8.59. The molecule has 4 aliphatic heterocycles. The highest BCUT2D eigenvalue weighted by Crippen LogP contribution is 2.45. The van der Waals surface area contributed by atoms with Crippen molar-refractivity contribution < 1.29 is 32.2 Å². The maximum atomic E-state index is 15.7. The number of carbonyl (C=O) groups excluding carboxylic acids is 1. The number of aryl methyl sites for hydroxylation is 1. The van der Waals surface area contributed by atoms with Crippen LogP contribution in [-0.4, -0.2) is 116 Å². The van der Waals surface area contributed by atoms with E-state index < -0.39 is 26.1 Å². The summed E-state index contributed by atoms with van der Waals surface area (Å²) in [5.41, 5.74) is 4.44. The third-order valence-corrected chi connectivity index (χ3v) is 20.2. The van der Waals surface area contributed by atoms with E-state index >= 15 is 8.78 Å². The Morgan fingerprint density at radius 2 is 1.68 bits per heavy atom. The van der Waals surface area contributed by atoms with E-state index in [2.05, 4.69) is 84.0 Å². The van der Waals surface area contributed by atoms with E-state index in [9.17, 15) is 4.79 Å². The van der Waals surface area contributed by atoms with Gasteiger partial charge < -0.3 is 33.3 Å². The maximum Gasteiger partial charge on any atom is 0.344 e. The number of halogens is 2. The van der Waals surface area contributed by atoms with Gasteiger partial charge >= 0.3 is 12.0 Å². The zero-order valence-corrected chi connectivity index (χ0v) is 43.1. The number of methoxy groups -OCH3 is 1. The fourth-order valence-corrected chi connectivity index (χ4v) is 16.5. The lowest BCUT2D eigenvalue weighted by atomic mass is 9.95. The van der Waals surface area contributed by atoms with E-state index in [0.717, 1.165) is 74.6 Å². The first kappa shape index (κ1) is 48.7. The number of hydrogen-bond donors (Lipinski definition) is 0. The molecule has 6 aromatic rings. The van der Waals surface area contributed by atoms with Gasteiger partial charge in [0.25, 0.3) is 8.32 Å². The lowest BCUT2D eigenvalue weighted by Gasteiger charge is -2.45. The van der Waals surface area contributed by atoms with E-state index in [1.165, 1.54) is 15.6 Å². The van der Waals surface area contributed by atoms with E-state index in [-0.39, 0.29) is 36.3 Å². The molecular formula is C55H66F2N8O5Si. The SMILES string of the molecule is CCc1c(F)ccc2cc(OCOC)cc(N3CCc4c(nc(OC[C@@]56CCCN5C[C@H](F)C6)nc4N4CCC(O[Si](c5ccccc5)(c5ccccc5)C(C)(C)C)c5nn(C(=O)N(C)C)cc5C4)C3)c12. The first-order valence-corrected chi connectivity index (χ1v) is 27.0. The number of carbonyl (C=O) groups is 1. The van der Waals surface area contributed by atoms with Gasteiger partial charge in [0.15, 0.2) is 6.79 Å². The molecule has 374 valence electrons. The molecule has 0 bridgehead atoms. The Bertz CT molecular complexity index is 2860. The molecule has 0 aliphatic carbocycles. The number of amides is 1. The van der Waals surface area contributed by atoms with E-state index in [1.54, 1.807) is 27.3 Å². The molecule has 13 nitrogen and oxygen atoms in total. The Balaban J connectivity index is 1.08. The Morgan fingerprint density at radius 3 is 2.37 bits per heavy atom. The summed E-state index contributed by atoms with van der Waals surface area (Å²) in [6.07, 6.45) is 4.34. The molecule has 1 amide bonds. The summed E-state index contributed by atoms with van der Waals surface area (Å²) >= 11 is 0. The van der Waals surface area contributed by atoms with Crippen LogP contribution in [0.2, 0.25) is 5.04 Å². The summed E-state index contributed by atoms with van der Waals surface area (Å²) < 4.78 is 58.0. The van der Waals surface area contributed by atoms with Crippen molar-refractivity contribution in [3.05, 3.63) is 125 Å². The number of aromatic nitrogens is 4. The predicted molar refractivity (Wildman–Crippen MR) is 275 cm³/mol. The second-order valence-corrected chi connectivity index (χ2v) is 25.2. The second kappa shape index (κ2) is 19.6. The van der Waals surface area contributed by atoms with Crippen LogP contribution in [0, 0.1) is 5.82 Å². The van der Waals surface area contributed by atoms with Crippen molar-refractivity contribution in [1.29, 1.82) is 0 Å². The molecule has 4 aromatic carbocycles. The lowest BCUT2D eigenvalue weighted by Crippen LogP contribution is -2.67. The van der Waals surface area contributed by atoms with Gasteiger partial charge in [-0.25, -0.2) is 13.6 Å². The molecule has 2 saturated heterocycles. The van der Waals surface area contributed by atoms with Gasteiger partial charge in [-0.05, 0) is 77.1 Å². The van der Waals surface area contributed by atoms with Crippen LogP contribution in [0.4, 0.5) is 25.1 Å². The van der Waals surface area contributed by atoms with Crippen LogP contribution < -0.4 is 29.6 Å². The number of anilines is 2. The van der Waals surface area contributed by atoms with Gasteiger partial charge in [-0.1, -0.05) is 94.4 Å². The number of nitrogens with zero attached hydrogens (tertiary/aromatic N) is 8. The van der Waals surface area contributed by atoms with E-state index in [4.69, 9.17) is 33.7 Å². The Morgan fingerprint density at radius 1 is 0.930 bits per heavy atom. The van der Waals surface area contributed by atoms with E-state index in [1.807, 2.05) is 37.4 Å².